The SMILES string of the molecule is CCOc1ccccc1C1CC(=O)Nc2c(-c3cccc(F)c3)csc21. The van der Waals surface area contributed by atoms with Gasteiger partial charge in [0, 0.05) is 33.7 Å². The molecule has 0 bridgehead atoms. The predicted octanol–water partition coefficient (Wildman–Crippen LogP) is 5.43. The second-order valence-corrected chi connectivity index (χ2v) is 7.09. The molecule has 0 saturated carbocycles. The van der Waals surface area contributed by atoms with Gasteiger partial charge in [0.2, 0.25) is 5.91 Å². The van der Waals surface area contributed by atoms with Crippen LogP contribution >= 0.6 is 11.3 Å². The van der Waals surface area contributed by atoms with Crippen molar-refractivity contribution in [1.82, 2.24) is 0 Å². The molecule has 5 heteroatoms. The summed E-state index contributed by atoms with van der Waals surface area (Å²) in [6.07, 6.45) is 0.375. The first kappa shape index (κ1) is 16.8. The summed E-state index contributed by atoms with van der Waals surface area (Å²) in [7, 11) is 0. The molecule has 1 aliphatic heterocycles. The standard InChI is InChI=1S/C21H18FNO2S/c1-2-25-18-9-4-3-8-15(18)16-11-19(24)23-20-17(12-26-21(16)20)13-6-5-7-14(22)10-13/h3-10,12,16H,2,11H2,1H3,(H,23,24). The molecule has 4 rings (SSSR count). The first-order chi connectivity index (χ1) is 12.7. The number of para-hydroxylation sites is 1. The summed E-state index contributed by atoms with van der Waals surface area (Å²) in [5.74, 6) is 0.419. The van der Waals surface area contributed by atoms with E-state index in [1.807, 2.05) is 42.6 Å². The van der Waals surface area contributed by atoms with Crippen molar-refractivity contribution < 1.29 is 13.9 Å². The van der Waals surface area contributed by atoms with E-state index in [0.29, 0.717) is 13.0 Å². The Labute approximate surface area is 155 Å². The van der Waals surface area contributed by atoms with E-state index in [1.54, 1.807) is 17.4 Å². The number of amides is 1. The van der Waals surface area contributed by atoms with Gasteiger partial charge in [0.25, 0.3) is 0 Å². The van der Waals surface area contributed by atoms with Gasteiger partial charge in [0.15, 0.2) is 0 Å². The molecule has 2 aromatic carbocycles. The van der Waals surface area contributed by atoms with Gasteiger partial charge in [-0.1, -0.05) is 30.3 Å². The van der Waals surface area contributed by atoms with Crippen molar-refractivity contribution in [3.8, 4) is 16.9 Å². The van der Waals surface area contributed by atoms with Crippen molar-refractivity contribution >= 4 is 22.9 Å². The second-order valence-electron chi connectivity index (χ2n) is 6.17. The third-order valence-corrected chi connectivity index (χ3v) is 5.62. The molecule has 26 heavy (non-hydrogen) atoms. The Hall–Kier alpha value is -2.66. The van der Waals surface area contributed by atoms with E-state index in [0.717, 1.165) is 33.0 Å². The number of fused-ring (bicyclic) bond motifs is 1. The van der Waals surface area contributed by atoms with Crippen LogP contribution < -0.4 is 10.1 Å². The van der Waals surface area contributed by atoms with Crippen LogP contribution in [0.25, 0.3) is 11.1 Å². The van der Waals surface area contributed by atoms with Crippen molar-refractivity contribution in [1.29, 1.82) is 0 Å². The number of rotatable bonds is 4. The third-order valence-electron chi connectivity index (χ3n) is 4.52. The maximum atomic E-state index is 13.6. The number of nitrogens with one attached hydrogen (secondary N) is 1. The van der Waals surface area contributed by atoms with E-state index in [-0.39, 0.29) is 17.6 Å². The third kappa shape index (κ3) is 2.99. The number of anilines is 1. The van der Waals surface area contributed by atoms with Crippen LogP contribution in [0.15, 0.2) is 53.9 Å². The van der Waals surface area contributed by atoms with Crippen LogP contribution in [0.5, 0.6) is 5.75 Å². The minimum Gasteiger partial charge on any atom is -0.494 e. The van der Waals surface area contributed by atoms with Gasteiger partial charge < -0.3 is 10.1 Å². The molecule has 1 unspecified atom stereocenters. The van der Waals surface area contributed by atoms with Gasteiger partial charge in [-0.25, -0.2) is 4.39 Å². The van der Waals surface area contributed by atoms with Gasteiger partial charge in [0.1, 0.15) is 11.6 Å². The summed E-state index contributed by atoms with van der Waals surface area (Å²) in [4.78, 5) is 13.5. The molecule has 0 fully saturated rings. The summed E-state index contributed by atoms with van der Waals surface area (Å²) in [6, 6.07) is 14.3. The molecule has 0 saturated heterocycles. The summed E-state index contributed by atoms with van der Waals surface area (Å²) < 4.78 is 19.4. The van der Waals surface area contributed by atoms with Gasteiger partial charge >= 0.3 is 0 Å². The van der Waals surface area contributed by atoms with Crippen LogP contribution in [-0.4, -0.2) is 12.5 Å². The van der Waals surface area contributed by atoms with Crippen molar-refractivity contribution in [2.45, 2.75) is 19.3 Å². The Morgan fingerprint density at radius 2 is 2.08 bits per heavy atom. The minimum absolute atomic E-state index is 0.0372. The van der Waals surface area contributed by atoms with Crippen molar-refractivity contribution in [3.63, 3.8) is 0 Å². The Bertz CT molecular complexity index is 966. The number of carbonyl (C=O) groups is 1. The van der Waals surface area contributed by atoms with Crippen LogP contribution in [0, 0.1) is 5.82 Å². The maximum absolute atomic E-state index is 13.6. The summed E-state index contributed by atoms with van der Waals surface area (Å²) in [6.45, 7) is 2.52. The fourth-order valence-corrected chi connectivity index (χ4v) is 4.55. The first-order valence-electron chi connectivity index (χ1n) is 8.56. The number of carbonyl (C=O) groups excluding carboxylic acids is 1. The van der Waals surface area contributed by atoms with Crippen LogP contribution in [0.1, 0.15) is 29.7 Å². The summed E-state index contributed by atoms with van der Waals surface area (Å²) in [5.41, 5.74) is 3.42. The smallest absolute Gasteiger partial charge is 0.225 e. The molecular weight excluding hydrogens is 349 g/mol. The van der Waals surface area contributed by atoms with E-state index in [1.165, 1.54) is 12.1 Å². The van der Waals surface area contributed by atoms with E-state index < -0.39 is 0 Å². The zero-order chi connectivity index (χ0) is 18.1. The monoisotopic (exact) mass is 367 g/mol. The molecule has 0 radical (unpaired) electrons. The fraction of sp³-hybridized carbons (Fsp3) is 0.190. The summed E-state index contributed by atoms with van der Waals surface area (Å²) in [5, 5.41) is 4.97. The molecule has 1 amide bonds. The molecule has 0 spiro atoms. The topological polar surface area (TPSA) is 38.3 Å². The number of thiophene rings is 1. The molecule has 1 aliphatic rings. The highest BCUT2D eigenvalue weighted by Crippen LogP contribution is 2.48. The summed E-state index contributed by atoms with van der Waals surface area (Å²) >= 11 is 1.59. The Morgan fingerprint density at radius 1 is 1.23 bits per heavy atom. The lowest BCUT2D eigenvalue weighted by Crippen LogP contribution is -2.22. The van der Waals surface area contributed by atoms with Gasteiger partial charge in [-0.05, 0) is 30.7 Å². The van der Waals surface area contributed by atoms with E-state index in [4.69, 9.17) is 4.74 Å². The lowest BCUT2D eigenvalue weighted by Gasteiger charge is -2.25. The average Bonchev–Trinajstić information content (AvgIpc) is 3.05. The van der Waals surface area contributed by atoms with Gasteiger partial charge in [-0.3, -0.25) is 4.79 Å². The van der Waals surface area contributed by atoms with E-state index in [2.05, 4.69) is 5.32 Å². The Balaban J connectivity index is 1.82. The molecule has 2 heterocycles. The van der Waals surface area contributed by atoms with E-state index >= 15 is 0 Å². The van der Waals surface area contributed by atoms with E-state index in [9.17, 15) is 9.18 Å². The highest BCUT2D eigenvalue weighted by molar-refractivity contribution is 7.11. The number of hydrogen-bond acceptors (Lipinski definition) is 3. The van der Waals surface area contributed by atoms with Crippen molar-refractivity contribution in [3.05, 3.63) is 70.2 Å². The lowest BCUT2D eigenvalue weighted by molar-refractivity contribution is -0.116. The molecule has 3 nitrogen and oxygen atoms in total. The molecule has 0 aliphatic carbocycles. The predicted molar refractivity (Wildman–Crippen MR) is 102 cm³/mol. The van der Waals surface area contributed by atoms with Crippen LogP contribution in [0.3, 0.4) is 0 Å². The molecule has 1 aromatic heterocycles. The maximum Gasteiger partial charge on any atom is 0.225 e. The molecule has 132 valence electrons. The molecule has 3 aromatic rings. The minimum atomic E-state index is -0.289. The highest BCUT2D eigenvalue weighted by Gasteiger charge is 2.32. The van der Waals surface area contributed by atoms with Crippen molar-refractivity contribution in [2.75, 3.05) is 11.9 Å². The number of ether oxygens (including phenoxy) is 1. The number of halogens is 1. The van der Waals surface area contributed by atoms with Crippen LogP contribution in [-0.2, 0) is 4.79 Å². The number of hydrogen-bond donors (Lipinski definition) is 1. The van der Waals surface area contributed by atoms with Gasteiger partial charge in [0.05, 0.1) is 12.3 Å². The van der Waals surface area contributed by atoms with Gasteiger partial charge in [-0.2, -0.15) is 0 Å². The Kier molecular flexibility index (Phi) is 4.47. The Morgan fingerprint density at radius 3 is 2.88 bits per heavy atom. The normalized spacial score (nSPS) is 16.1. The van der Waals surface area contributed by atoms with Crippen LogP contribution in [0.2, 0.25) is 0 Å². The average molecular weight is 367 g/mol. The van der Waals surface area contributed by atoms with Crippen molar-refractivity contribution in [2.24, 2.45) is 0 Å². The quantitative estimate of drug-likeness (QED) is 0.668. The van der Waals surface area contributed by atoms with Crippen LogP contribution in [0.4, 0.5) is 10.1 Å². The molecule has 1 N–H and O–H groups in total. The molecule has 1 atom stereocenters. The lowest BCUT2D eigenvalue weighted by atomic mass is 9.88. The largest absolute Gasteiger partial charge is 0.494 e. The highest BCUT2D eigenvalue weighted by atomic mass is 32.1. The zero-order valence-corrected chi connectivity index (χ0v) is 15.1. The number of benzene rings is 2. The fourth-order valence-electron chi connectivity index (χ4n) is 3.40. The zero-order valence-electron chi connectivity index (χ0n) is 14.3. The second kappa shape index (κ2) is 6.92. The molecular formula is C21H18FNO2S. The first-order valence-corrected chi connectivity index (χ1v) is 9.44. The van der Waals surface area contributed by atoms with Gasteiger partial charge in [-0.15, -0.1) is 11.3 Å².